The van der Waals surface area contributed by atoms with Crippen LogP contribution in [0.25, 0.3) is 0 Å². The van der Waals surface area contributed by atoms with E-state index in [4.69, 9.17) is 0 Å². The fraction of sp³-hybridized carbons (Fsp3) is 0.846. The molecule has 1 amide bonds. The minimum Gasteiger partial charge on any atom is -0.346 e. The maximum Gasteiger partial charge on any atom is 0.223 e. The van der Waals surface area contributed by atoms with E-state index in [1.807, 2.05) is 27.7 Å². The van der Waals surface area contributed by atoms with Crippen molar-refractivity contribution in [1.82, 2.24) is 5.32 Å². The first kappa shape index (κ1) is 15.1. The molecule has 0 aromatic carbocycles. The molecule has 0 aliphatic carbocycles. The quantitative estimate of drug-likeness (QED) is 0.562. The van der Waals surface area contributed by atoms with Crippen molar-refractivity contribution < 1.29 is 9.59 Å². The molecule has 0 radical (unpaired) electrons. The van der Waals surface area contributed by atoms with Crippen LogP contribution in [0.2, 0.25) is 0 Å². The summed E-state index contributed by atoms with van der Waals surface area (Å²) in [6.45, 7) is 11.5. The monoisotopic (exact) mass is 230 g/mol. The molecule has 94 valence electrons. The highest BCUT2D eigenvalue weighted by Gasteiger charge is 2.24. The van der Waals surface area contributed by atoms with Crippen molar-refractivity contribution in [3.8, 4) is 0 Å². The van der Waals surface area contributed by atoms with E-state index in [2.05, 4.69) is 19.2 Å². The number of ketones is 1. The molecule has 0 saturated carbocycles. The molecule has 0 fully saturated rings. The van der Waals surface area contributed by atoms with E-state index in [1.165, 1.54) is 0 Å². The van der Waals surface area contributed by atoms with Crippen LogP contribution in [0.1, 0.15) is 48.0 Å². The van der Waals surface area contributed by atoms with E-state index in [1.54, 1.807) is 0 Å². The number of Topliss-reactive ketones (excluding diaryl/α,β-unsaturated/α-hetero) is 1. The summed E-state index contributed by atoms with van der Waals surface area (Å²) >= 11 is 0. The van der Waals surface area contributed by atoms with Gasteiger partial charge in [0.2, 0.25) is 5.91 Å². The van der Waals surface area contributed by atoms with E-state index >= 15 is 0 Å². The summed E-state index contributed by atoms with van der Waals surface area (Å²) in [5.74, 6) is 0.383. The molecule has 0 aromatic rings. The van der Waals surface area contributed by atoms with Gasteiger partial charge in [-0.3, -0.25) is 9.59 Å². The molecule has 16 heavy (non-hydrogen) atoms. The van der Waals surface area contributed by atoms with Crippen LogP contribution >= 0.6 is 0 Å². The van der Waals surface area contributed by atoms with Gasteiger partial charge in [0, 0.05) is 11.8 Å². The van der Waals surface area contributed by atoms with E-state index < -0.39 is 0 Å². The molecule has 0 aliphatic heterocycles. The third-order valence-electron chi connectivity index (χ3n) is 2.46. The number of hydrogen-bond donors (Lipinski definition) is 1. The second-order valence-electron chi connectivity index (χ2n) is 5.40. The molecule has 0 aliphatic rings. The van der Waals surface area contributed by atoms with Crippen molar-refractivity contribution in [2.75, 3.05) is 0 Å². The minimum atomic E-state index is -0.324. The number of rotatable bonds is 6. The molecule has 3 heteroatoms. The van der Waals surface area contributed by atoms with Gasteiger partial charge in [-0.15, -0.1) is 0 Å². The maximum absolute atomic E-state index is 11.9. The van der Waals surface area contributed by atoms with Gasteiger partial charge in [-0.25, -0.2) is 0 Å². The molecule has 0 bridgehead atoms. The van der Waals surface area contributed by atoms with Crippen LogP contribution in [0.15, 0.2) is 0 Å². The van der Waals surface area contributed by atoms with Gasteiger partial charge in [0.05, 0.1) is 6.04 Å². The number of hydrogen-bond acceptors (Lipinski definition) is 2. The minimum absolute atomic E-state index is 0.0313. The second-order valence-corrected chi connectivity index (χ2v) is 5.40. The highest BCUT2D eigenvalue weighted by atomic mass is 18.1. The van der Waals surface area contributed by atoms with E-state index in [0.717, 1.165) is 6.42 Å². The van der Waals surface area contributed by atoms with Gasteiger partial charge in [0.15, 0.2) is 5.78 Å². The Morgan fingerprint density at radius 1 is 1.06 bits per heavy atom. The Morgan fingerprint density at radius 2 is 1.56 bits per heavy atom. The molecule has 1 atom stereocenters. The first-order chi connectivity index (χ1) is 7.25. The zero-order valence-corrected chi connectivity index (χ0v) is 11.3. The summed E-state index contributed by atoms with van der Waals surface area (Å²) in [6.07, 6.45) is 0.718. The van der Waals surface area contributed by atoms with Crippen LogP contribution in [0.5, 0.6) is 0 Å². The molecule has 0 rings (SSSR count). The van der Waals surface area contributed by atoms with Crippen LogP contribution < -0.4 is 5.32 Å². The Labute approximate surface area is 99.0 Å². The predicted molar refractivity (Wildman–Crippen MR) is 66.1 cm³/mol. The Bertz CT molecular complexity index is 244. The Kier molecular flexibility index (Phi) is 6.31. The Balaban J connectivity index is 4.55. The lowest BCUT2D eigenvalue weighted by Gasteiger charge is -2.22. The SMILES string of the molecule is CC(C)CC(N[13C](=[18O])C(C)C)C(=O)C(C)C. The van der Waals surface area contributed by atoms with E-state index in [0.29, 0.717) is 5.92 Å². The van der Waals surface area contributed by atoms with Crippen molar-refractivity contribution in [3.63, 3.8) is 0 Å². The number of carbonyl (C=O) groups is 2. The van der Waals surface area contributed by atoms with E-state index in [-0.39, 0.29) is 29.6 Å². The van der Waals surface area contributed by atoms with Crippen molar-refractivity contribution in [3.05, 3.63) is 0 Å². The largest absolute Gasteiger partial charge is 0.346 e. The van der Waals surface area contributed by atoms with Crippen molar-refractivity contribution >= 4 is 11.7 Å². The van der Waals surface area contributed by atoms with Crippen molar-refractivity contribution in [1.29, 1.82) is 0 Å². The lowest BCUT2D eigenvalue weighted by Crippen LogP contribution is -2.45. The zero-order valence-electron chi connectivity index (χ0n) is 11.3. The average molecular weight is 230 g/mol. The van der Waals surface area contributed by atoms with E-state index in [9.17, 15) is 9.59 Å². The smallest absolute Gasteiger partial charge is 0.223 e. The summed E-state index contributed by atoms with van der Waals surface area (Å²) in [4.78, 5) is 23.5. The van der Waals surface area contributed by atoms with Crippen molar-refractivity contribution in [2.24, 2.45) is 17.8 Å². The van der Waals surface area contributed by atoms with Gasteiger partial charge >= 0.3 is 0 Å². The average Bonchev–Trinajstić information content (AvgIpc) is 2.14. The Morgan fingerprint density at radius 3 is 1.88 bits per heavy atom. The van der Waals surface area contributed by atoms with Crippen LogP contribution in [0, 0.1) is 17.8 Å². The lowest BCUT2D eigenvalue weighted by atomic mass is 9.94. The third kappa shape index (κ3) is 5.29. The molecular weight excluding hydrogens is 205 g/mol. The summed E-state index contributed by atoms with van der Waals surface area (Å²) in [5, 5.41) is 2.84. The summed E-state index contributed by atoms with van der Waals surface area (Å²) < 4.78 is 0. The number of amides is 1. The maximum atomic E-state index is 11.9. The highest BCUT2D eigenvalue weighted by molar-refractivity contribution is 5.90. The fourth-order valence-corrected chi connectivity index (χ4v) is 1.46. The molecule has 1 N–H and O–H groups in total. The van der Waals surface area contributed by atoms with Crippen molar-refractivity contribution in [2.45, 2.75) is 54.0 Å². The highest BCUT2D eigenvalue weighted by Crippen LogP contribution is 2.11. The number of carbonyl (C=O) groups excluding carboxylic acids is 2. The predicted octanol–water partition coefficient (Wildman–Crippen LogP) is 2.40. The third-order valence-corrected chi connectivity index (χ3v) is 2.46. The van der Waals surface area contributed by atoms with Gasteiger partial charge in [0.25, 0.3) is 0 Å². The summed E-state index contributed by atoms with van der Waals surface area (Å²) in [6, 6.07) is -0.324. The topological polar surface area (TPSA) is 46.2 Å². The molecule has 3 nitrogen and oxygen atoms in total. The van der Waals surface area contributed by atoms with Gasteiger partial charge in [-0.1, -0.05) is 41.5 Å². The molecular formula is C13H25NO2. The van der Waals surface area contributed by atoms with Gasteiger partial charge in [0.1, 0.15) is 0 Å². The van der Waals surface area contributed by atoms with Crippen LogP contribution in [-0.2, 0) is 9.59 Å². The van der Waals surface area contributed by atoms with Gasteiger partial charge < -0.3 is 5.32 Å². The van der Waals surface area contributed by atoms with Crippen LogP contribution in [0.3, 0.4) is 0 Å². The molecule has 0 aromatic heterocycles. The standard InChI is InChI=1S/C13H25NO2/c1-8(2)7-11(12(15)9(3)4)14-13(16)10(5)6/h8-11H,7H2,1-6H3,(H,14,16)/i13+1,16+2. The first-order valence-corrected chi connectivity index (χ1v) is 6.09. The summed E-state index contributed by atoms with van der Waals surface area (Å²) in [7, 11) is 0. The lowest BCUT2D eigenvalue weighted by molar-refractivity contribution is -0.131. The molecule has 0 saturated heterocycles. The van der Waals surface area contributed by atoms with Gasteiger partial charge in [-0.2, -0.15) is 0 Å². The van der Waals surface area contributed by atoms with Gasteiger partial charge in [-0.05, 0) is 12.3 Å². The first-order valence-electron chi connectivity index (χ1n) is 6.09. The van der Waals surface area contributed by atoms with Crippen LogP contribution in [-0.4, -0.2) is 17.7 Å². The normalized spacial score (nSPS) is 13.3. The fourth-order valence-electron chi connectivity index (χ4n) is 1.46. The number of nitrogens with one attached hydrogen (secondary N) is 1. The molecule has 0 heterocycles. The zero-order chi connectivity index (χ0) is 12.9. The molecule has 0 spiro atoms. The summed E-state index contributed by atoms with van der Waals surface area (Å²) in [5.41, 5.74) is 0. The second kappa shape index (κ2) is 6.66. The molecule has 1 unspecified atom stereocenters. The Hall–Kier alpha value is -0.860. The van der Waals surface area contributed by atoms with Crippen LogP contribution in [0.4, 0.5) is 0 Å².